The van der Waals surface area contributed by atoms with Crippen LogP contribution in [0, 0.1) is 5.92 Å². The van der Waals surface area contributed by atoms with Crippen molar-refractivity contribution in [3.8, 4) is 0 Å². The van der Waals surface area contributed by atoms with E-state index >= 15 is 0 Å². The summed E-state index contributed by atoms with van der Waals surface area (Å²) in [7, 11) is 0. The van der Waals surface area contributed by atoms with Crippen LogP contribution in [-0.4, -0.2) is 42.8 Å². The lowest BCUT2D eigenvalue weighted by molar-refractivity contribution is 0.0184. The minimum absolute atomic E-state index is 0.162. The van der Waals surface area contributed by atoms with E-state index in [-0.39, 0.29) is 6.09 Å². The molecule has 1 fully saturated rings. The Labute approximate surface area is 131 Å². The van der Waals surface area contributed by atoms with Crippen molar-refractivity contribution in [1.82, 2.24) is 10.2 Å². The molecular formula is C17H36N2O2. The number of nitrogens with zero attached hydrogens (tertiary/aromatic N) is 1. The Morgan fingerprint density at radius 2 is 1.81 bits per heavy atom. The van der Waals surface area contributed by atoms with Crippen molar-refractivity contribution in [3.63, 3.8) is 0 Å². The van der Waals surface area contributed by atoms with Crippen molar-refractivity contribution in [2.75, 3.05) is 26.2 Å². The molecule has 1 aliphatic heterocycles. The highest BCUT2D eigenvalue weighted by Crippen LogP contribution is 2.19. The van der Waals surface area contributed by atoms with Gasteiger partial charge in [0.25, 0.3) is 0 Å². The van der Waals surface area contributed by atoms with Crippen LogP contribution < -0.4 is 5.32 Å². The van der Waals surface area contributed by atoms with Gasteiger partial charge >= 0.3 is 6.09 Å². The van der Waals surface area contributed by atoms with Gasteiger partial charge in [-0.3, -0.25) is 0 Å². The number of hydrogen-bond acceptors (Lipinski definition) is 3. The largest absolute Gasteiger partial charge is 0.444 e. The molecule has 0 spiro atoms. The molecule has 0 unspecified atom stereocenters. The fourth-order valence-electron chi connectivity index (χ4n) is 2.25. The average molecular weight is 300 g/mol. The van der Waals surface area contributed by atoms with E-state index in [0.29, 0.717) is 5.92 Å². The molecule has 1 heterocycles. The summed E-state index contributed by atoms with van der Waals surface area (Å²) in [6.45, 7) is 15.8. The Morgan fingerprint density at radius 3 is 2.29 bits per heavy atom. The predicted octanol–water partition coefficient (Wildman–Crippen LogP) is 4.05. The summed E-state index contributed by atoms with van der Waals surface area (Å²) in [6.07, 6.45) is 4.49. The zero-order valence-electron chi connectivity index (χ0n) is 15.0. The van der Waals surface area contributed by atoms with Crippen LogP contribution >= 0.6 is 0 Å². The molecule has 1 saturated heterocycles. The zero-order chi connectivity index (χ0) is 16.3. The zero-order valence-corrected chi connectivity index (χ0v) is 15.0. The van der Waals surface area contributed by atoms with E-state index in [1.54, 1.807) is 0 Å². The molecule has 0 aromatic carbocycles. The van der Waals surface area contributed by atoms with Crippen LogP contribution in [0.15, 0.2) is 0 Å². The van der Waals surface area contributed by atoms with Crippen molar-refractivity contribution in [3.05, 3.63) is 0 Å². The Balaban J connectivity index is 0.00000191. The van der Waals surface area contributed by atoms with Crippen molar-refractivity contribution in [1.29, 1.82) is 0 Å². The third kappa shape index (κ3) is 9.72. The third-order valence-electron chi connectivity index (χ3n) is 3.41. The second-order valence-corrected chi connectivity index (χ2v) is 6.47. The van der Waals surface area contributed by atoms with Crippen molar-refractivity contribution < 1.29 is 9.53 Å². The second-order valence-electron chi connectivity index (χ2n) is 6.47. The van der Waals surface area contributed by atoms with E-state index in [4.69, 9.17) is 4.74 Å². The van der Waals surface area contributed by atoms with E-state index in [1.807, 2.05) is 39.5 Å². The first-order chi connectivity index (χ1) is 9.92. The number of rotatable bonds is 5. The summed E-state index contributed by atoms with van der Waals surface area (Å²) in [5.74, 6) is 0.704. The van der Waals surface area contributed by atoms with Crippen LogP contribution in [0.4, 0.5) is 4.79 Å². The van der Waals surface area contributed by atoms with Crippen LogP contribution in [0.2, 0.25) is 0 Å². The first kappa shape index (κ1) is 20.2. The molecule has 4 nitrogen and oxygen atoms in total. The van der Waals surface area contributed by atoms with Crippen molar-refractivity contribution in [2.24, 2.45) is 5.92 Å². The number of likely N-dealkylation sites (tertiary alicyclic amines) is 1. The van der Waals surface area contributed by atoms with Gasteiger partial charge in [0.1, 0.15) is 5.60 Å². The number of carbonyl (C=O) groups is 1. The molecule has 0 aromatic rings. The Hall–Kier alpha value is -0.770. The number of carbonyl (C=O) groups excluding carboxylic acids is 1. The molecule has 0 radical (unpaired) electrons. The molecule has 0 aromatic heterocycles. The number of ether oxygens (including phenoxy) is 1. The molecule has 0 bridgehead atoms. The smallest absolute Gasteiger partial charge is 0.410 e. The van der Waals surface area contributed by atoms with Gasteiger partial charge in [-0.2, -0.15) is 0 Å². The molecule has 4 heteroatoms. The topological polar surface area (TPSA) is 41.6 Å². The summed E-state index contributed by atoms with van der Waals surface area (Å²) < 4.78 is 5.40. The number of amides is 1. The van der Waals surface area contributed by atoms with E-state index in [9.17, 15) is 4.79 Å². The number of nitrogens with one attached hydrogen (secondary N) is 1. The number of unbranched alkanes of at least 4 members (excludes halogenated alkanes) is 1. The summed E-state index contributed by atoms with van der Waals surface area (Å²) in [5.41, 5.74) is -0.393. The summed E-state index contributed by atoms with van der Waals surface area (Å²) >= 11 is 0. The molecule has 0 atom stereocenters. The minimum Gasteiger partial charge on any atom is -0.444 e. The fourth-order valence-corrected chi connectivity index (χ4v) is 2.25. The molecule has 1 amide bonds. The normalized spacial score (nSPS) is 16.2. The summed E-state index contributed by atoms with van der Waals surface area (Å²) in [4.78, 5) is 13.7. The number of hydrogen-bond donors (Lipinski definition) is 1. The average Bonchev–Trinajstić information content (AvgIpc) is 2.44. The maximum absolute atomic E-state index is 11.9. The molecule has 1 rings (SSSR count). The molecule has 1 N–H and O–H groups in total. The van der Waals surface area contributed by atoms with E-state index in [1.165, 1.54) is 12.8 Å². The lowest BCUT2D eigenvalue weighted by atomic mass is 9.97. The van der Waals surface area contributed by atoms with Gasteiger partial charge in [-0.15, -0.1) is 0 Å². The highest BCUT2D eigenvalue weighted by atomic mass is 16.6. The molecule has 21 heavy (non-hydrogen) atoms. The monoisotopic (exact) mass is 300 g/mol. The van der Waals surface area contributed by atoms with E-state index in [2.05, 4.69) is 12.2 Å². The SMILES string of the molecule is CC.CCCCNCC1CCN(C(=O)OC(C)(C)C)CC1. The van der Waals surface area contributed by atoms with Gasteiger partial charge in [-0.1, -0.05) is 27.2 Å². The minimum atomic E-state index is -0.393. The fraction of sp³-hybridized carbons (Fsp3) is 0.941. The standard InChI is InChI=1S/C15H30N2O2.C2H6/c1-5-6-9-16-12-13-7-10-17(11-8-13)14(18)19-15(2,3)4;1-2/h13,16H,5-12H2,1-4H3;1-2H3. The Bertz CT molecular complexity index is 266. The van der Waals surface area contributed by atoms with Crippen molar-refractivity contribution >= 4 is 6.09 Å². The highest BCUT2D eigenvalue weighted by Gasteiger charge is 2.26. The van der Waals surface area contributed by atoms with Gasteiger partial charge < -0.3 is 15.0 Å². The van der Waals surface area contributed by atoms with Gasteiger partial charge in [0, 0.05) is 13.1 Å². The Morgan fingerprint density at radius 1 is 1.24 bits per heavy atom. The molecule has 1 aliphatic rings. The lowest BCUT2D eigenvalue weighted by Gasteiger charge is -2.33. The third-order valence-corrected chi connectivity index (χ3v) is 3.41. The van der Waals surface area contributed by atoms with Gasteiger partial charge in [-0.05, 0) is 59.0 Å². The summed E-state index contributed by atoms with van der Waals surface area (Å²) in [6, 6.07) is 0. The summed E-state index contributed by atoms with van der Waals surface area (Å²) in [5, 5.41) is 3.50. The molecule has 126 valence electrons. The molecule has 0 aliphatic carbocycles. The maximum atomic E-state index is 11.9. The first-order valence-corrected chi connectivity index (χ1v) is 8.61. The molecule has 0 saturated carbocycles. The Kier molecular flexibility index (Phi) is 10.5. The van der Waals surface area contributed by atoms with Gasteiger partial charge in [0.15, 0.2) is 0 Å². The van der Waals surface area contributed by atoms with Crippen molar-refractivity contribution in [2.45, 2.75) is 72.8 Å². The first-order valence-electron chi connectivity index (χ1n) is 8.61. The highest BCUT2D eigenvalue weighted by molar-refractivity contribution is 5.68. The van der Waals surface area contributed by atoms with Gasteiger partial charge in [0.05, 0.1) is 0 Å². The van der Waals surface area contributed by atoms with Crippen LogP contribution in [0.3, 0.4) is 0 Å². The molecular weight excluding hydrogens is 264 g/mol. The lowest BCUT2D eigenvalue weighted by Crippen LogP contribution is -2.43. The predicted molar refractivity (Wildman–Crippen MR) is 89.7 cm³/mol. The van der Waals surface area contributed by atoms with Crippen LogP contribution in [0.5, 0.6) is 0 Å². The maximum Gasteiger partial charge on any atom is 0.410 e. The quantitative estimate of drug-likeness (QED) is 0.779. The van der Waals surface area contributed by atoms with Crippen LogP contribution in [0.1, 0.15) is 67.2 Å². The van der Waals surface area contributed by atoms with E-state index < -0.39 is 5.60 Å². The number of piperidine rings is 1. The second kappa shape index (κ2) is 10.9. The van der Waals surface area contributed by atoms with Gasteiger partial charge in [-0.25, -0.2) is 4.79 Å². The van der Waals surface area contributed by atoms with Crippen LogP contribution in [0.25, 0.3) is 0 Å². The van der Waals surface area contributed by atoms with Crippen LogP contribution in [-0.2, 0) is 4.74 Å². The van der Waals surface area contributed by atoms with E-state index in [0.717, 1.165) is 39.0 Å². The van der Waals surface area contributed by atoms with Gasteiger partial charge in [0.2, 0.25) is 0 Å².